The van der Waals surface area contributed by atoms with Gasteiger partial charge in [0.25, 0.3) is 11.5 Å². The topological polar surface area (TPSA) is 73.2 Å². The van der Waals surface area contributed by atoms with Crippen LogP contribution >= 0.6 is 0 Å². The second-order valence-electron chi connectivity index (χ2n) is 6.80. The van der Waals surface area contributed by atoms with Crippen LogP contribution in [0.5, 0.6) is 0 Å². The zero-order valence-electron chi connectivity index (χ0n) is 15.2. The lowest BCUT2D eigenvalue weighted by molar-refractivity contribution is 0.0856. The van der Waals surface area contributed by atoms with Crippen LogP contribution in [0.15, 0.2) is 53.5 Å². The summed E-state index contributed by atoms with van der Waals surface area (Å²) in [4.78, 5) is 30.0. The van der Waals surface area contributed by atoms with Gasteiger partial charge in [-0.15, -0.1) is 0 Å². The molecule has 3 aromatic rings. The number of pyridine rings is 2. The van der Waals surface area contributed by atoms with Crippen LogP contribution in [0.2, 0.25) is 0 Å². The van der Waals surface area contributed by atoms with Crippen molar-refractivity contribution in [1.82, 2.24) is 14.9 Å². The average molecular weight is 381 g/mol. The first-order chi connectivity index (χ1) is 13.6. The van der Waals surface area contributed by atoms with E-state index >= 15 is 0 Å². The van der Waals surface area contributed by atoms with Crippen molar-refractivity contribution < 1.29 is 13.9 Å². The highest BCUT2D eigenvalue weighted by Gasteiger charge is 2.20. The third-order valence-electron chi connectivity index (χ3n) is 4.89. The fourth-order valence-electron chi connectivity index (χ4n) is 3.42. The fourth-order valence-corrected chi connectivity index (χ4v) is 3.42. The third kappa shape index (κ3) is 3.66. The number of aromatic nitrogens is 2. The Hall–Kier alpha value is -3.06. The zero-order valence-corrected chi connectivity index (χ0v) is 15.2. The molecule has 1 amide bonds. The Morgan fingerprint density at radius 2 is 2.14 bits per heavy atom. The molecule has 0 aliphatic carbocycles. The number of hydrogen-bond donors (Lipinski definition) is 1. The van der Waals surface area contributed by atoms with Crippen LogP contribution in [0.25, 0.3) is 11.0 Å². The number of nitrogens with zero attached hydrogens (tertiary/aromatic N) is 2. The van der Waals surface area contributed by atoms with E-state index < -0.39 is 17.3 Å². The molecule has 1 N–H and O–H groups in total. The molecule has 1 atom stereocenters. The first kappa shape index (κ1) is 18.3. The summed E-state index contributed by atoms with van der Waals surface area (Å²) < 4.78 is 21.0. The number of benzene rings is 1. The van der Waals surface area contributed by atoms with Crippen molar-refractivity contribution in [2.45, 2.75) is 25.5 Å². The number of amides is 1. The maximum atomic E-state index is 14.1. The van der Waals surface area contributed by atoms with Gasteiger partial charge in [-0.05, 0) is 37.1 Å². The van der Waals surface area contributed by atoms with Gasteiger partial charge < -0.3 is 10.1 Å². The lowest BCUT2D eigenvalue weighted by atomic mass is 10.1. The Balaban J connectivity index is 1.71. The molecule has 0 radical (unpaired) electrons. The van der Waals surface area contributed by atoms with Gasteiger partial charge in [0.2, 0.25) is 0 Å². The van der Waals surface area contributed by atoms with Gasteiger partial charge in [-0.25, -0.2) is 9.37 Å². The van der Waals surface area contributed by atoms with E-state index in [9.17, 15) is 14.0 Å². The van der Waals surface area contributed by atoms with Crippen LogP contribution in [-0.2, 0) is 11.3 Å². The smallest absolute Gasteiger partial charge is 0.265 e. The highest BCUT2D eigenvalue weighted by atomic mass is 19.1. The van der Waals surface area contributed by atoms with Crippen molar-refractivity contribution in [2.75, 3.05) is 13.2 Å². The molecule has 2 aromatic heterocycles. The molecule has 1 aromatic carbocycles. The number of halogens is 1. The molecule has 0 saturated carbocycles. The number of carbonyl (C=O) groups is 1. The van der Waals surface area contributed by atoms with E-state index in [0.717, 1.165) is 12.8 Å². The molecule has 0 bridgehead atoms. The van der Waals surface area contributed by atoms with E-state index in [0.29, 0.717) is 29.7 Å². The molecule has 1 fully saturated rings. The third-order valence-corrected chi connectivity index (χ3v) is 4.89. The number of rotatable bonds is 5. The molecule has 6 nitrogen and oxygen atoms in total. The molecule has 28 heavy (non-hydrogen) atoms. The summed E-state index contributed by atoms with van der Waals surface area (Å²) in [7, 11) is 0. The van der Waals surface area contributed by atoms with Crippen LogP contribution in [0.4, 0.5) is 4.39 Å². The van der Waals surface area contributed by atoms with Gasteiger partial charge >= 0.3 is 0 Å². The molecule has 144 valence electrons. The van der Waals surface area contributed by atoms with E-state index in [1.165, 1.54) is 16.7 Å². The standard InChI is InChI=1S/C21H20FN3O3/c22-18-8-2-1-5-15(18)13-25-19-14(6-3-9-23-19)11-17(21(25)27)20(26)24-12-16-7-4-10-28-16/h1-3,5-6,8-9,11,16H,4,7,10,12-13H2,(H,24,26)/t16-/m0/s1. The van der Waals surface area contributed by atoms with Crippen molar-refractivity contribution in [3.05, 3.63) is 76.0 Å². The number of carbonyl (C=O) groups excluding carboxylic acids is 1. The Morgan fingerprint density at radius 3 is 2.93 bits per heavy atom. The second-order valence-corrected chi connectivity index (χ2v) is 6.80. The van der Waals surface area contributed by atoms with Crippen LogP contribution in [-0.4, -0.2) is 34.7 Å². The molecule has 1 aliphatic rings. The minimum absolute atomic E-state index is 0.00806. The van der Waals surface area contributed by atoms with E-state index in [-0.39, 0.29) is 18.2 Å². The summed E-state index contributed by atoms with van der Waals surface area (Å²) in [5, 5.41) is 3.42. The first-order valence-electron chi connectivity index (χ1n) is 9.25. The van der Waals surface area contributed by atoms with Crippen molar-refractivity contribution in [3.8, 4) is 0 Å². The Kier molecular flexibility index (Phi) is 5.16. The molecular weight excluding hydrogens is 361 g/mol. The molecule has 7 heteroatoms. The van der Waals surface area contributed by atoms with Crippen molar-refractivity contribution in [2.24, 2.45) is 0 Å². The SMILES string of the molecule is O=C(NC[C@@H]1CCCO1)c1cc2cccnc2n(Cc2ccccc2F)c1=O. The molecule has 1 aliphatic heterocycles. The number of hydrogen-bond acceptors (Lipinski definition) is 4. The van der Waals surface area contributed by atoms with E-state index in [2.05, 4.69) is 10.3 Å². The Morgan fingerprint density at radius 1 is 1.29 bits per heavy atom. The molecular formula is C21H20FN3O3. The lowest BCUT2D eigenvalue weighted by Crippen LogP contribution is -2.37. The fraction of sp³-hybridized carbons (Fsp3) is 0.286. The van der Waals surface area contributed by atoms with Gasteiger partial charge in [0.1, 0.15) is 17.0 Å². The summed E-state index contributed by atoms with van der Waals surface area (Å²) >= 11 is 0. The molecule has 1 saturated heterocycles. The van der Waals surface area contributed by atoms with Gasteiger partial charge in [0, 0.05) is 30.3 Å². The predicted molar refractivity (Wildman–Crippen MR) is 103 cm³/mol. The second kappa shape index (κ2) is 7.90. The largest absolute Gasteiger partial charge is 0.376 e. The van der Waals surface area contributed by atoms with E-state index in [1.54, 1.807) is 36.5 Å². The molecule has 0 unspecified atom stereocenters. The normalized spacial score (nSPS) is 16.4. The summed E-state index contributed by atoms with van der Waals surface area (Å²) in [6, 6.07) is 11.3. The summed E-state index contributed by atoms with van der Waals surface area (Å²) in [5.41, 5.74) is 0.272. The summed E-state index contributed by atoms with van der Waals surface area (Å²) in [6.07, 6.45) is 3.40. The van der Waals surface area contributed by atoms with Gasteiger partial charge in [0.05, 0.1) is 12.6 Å². The molecule has 0 spiro atoms. The van der Waals surface area contributed by atoms with Crippen molar-refractivity contribution in [3.63, 3.8) is 0 Å². The minimum Gasteiger partial charge on any atom is -0.376 e. The van der Waals surface area contributed by atoms with Crippen LogP contribution in [0, 0.1) is 5.82 Å². The van der Waals surface area contributed by atoms with Crippen molar-refractivity contribution >= 4 is 16.9 Å². The number of fused-ring (bicyclic) bond motifs is 1. The zero-order chi connectivity index (χ0) is 19.5. The van der Waals surface area contributed by atoms with E-state index in [1.807, 2.05) is 0 Å². The Labute approximate surface area is 161 Å². The predicted octanol–water partition coefficient (Wildman–Crippen LogP) is 2.49. The quantitative estimate of drug-likeness (QED) is 0.737. The van der Waals surface area contributed by atoms with Crippen LogP contribution in [0.1, 0.15) is 28.8 Å². The summed E-state index contributed by atoms with van der Waals surface area (Å²) in [6.45, 7) is 1.04. The maximum absolute atomic E-state index is 14.1. The van der Waals surface area contributed by atoms with Crippen LogP contribution < -0.4 is 10.9 Å². The van der Waals surface area contributed by atoms with Gasteiger partial charge in [-0.2, -0.15) is 0 Å². The van der Waals surface area contributed by atoms with Gasteiger partial charge in [0.15, 0.2) is 0 Å². The van der Waals surface area contributed by atoms with Crippen molar-refractivity contribution in [1.29, 1.82) is 0 Å². The Bertz CT molecular complexity index is 1070. The van der Waals surface area contributed by atoms with Gasteiger partial charge in [-0.3, -0.25) is 14.2 Å². The maximum Gasteiger partial charge on any atom is 0.265 e. The van der Waals surface area contributed by atoms with Gasteiger partial charge in [-0.1, -0.05) is 18.2 Å². The first-order valence-corrected chi connectivity index (χ1v) is 9.25. The van der Waals surface area contributed by atoms with Crippen LogP contribution in [0.3, 0.4) is 0 Å². The average Bonchev–Trinajstić information content (AvgIpc) is 3.23. The minimum atomic E-state index is -0.501. The number of nitrogens with one attached hydrogen (secondary N) is 1. The number of ether oxygens (including phenoxy) is 1. The highest BCUT2D eigenvalue weighted by Crippen LogP contribution is 2.15. The molecule has 4 rings (SSSR count). The lowest BCUT2D eigenvalue weighted by Gasteiger charge is -2.14. The monoisotopic (exact) mass is 381 g/mol. The molecule has 3 heterocycles. The summed E-state index contributed by atoms with van der Waals surface area (Å²) in [5.74, 6) is -0.875. The van der Waals surface area contributed by atoms with E-state index in [4.69, 9.17) is 4.74 Å². The highest BCUT2D eigenvalue weighted by molar-refractivity contribution is 5.96.